The molecule has 0 fully saturated rings. The molecule has 6 heteroatoms. The van der Waals surface area contributed by atoms with Crippen molar-refractivity contribution in [3.8, 4) is 11.5 Å². The molecule has 0 saturated carbocycles. The van der Waals surface area contributed by atoms with E-state index in [-0.39, 0.29) is 0 Å². The zero-order valence-electron chi connectivity index (χ0n) is 11.1. The maximum absolute atomic E-state index is 11.6. The second-order valence-corrected chi connectivity index (χ2v) is 4.33. The maximum atomic E-state index is 11.6. The zero-order chi connectivity index (χ0) is 14.1. The largest absolute Gasteiger partial charge is 0.465 e. The van der Waals surface area contributed by atoms with Crippen LogP contribution in [0.3, 0.4) is 0 Å². The van der Waals surface area contributed by atoms with Crippen LogP contribution >= 0.6 is 0 Å². The highest BCUT2D eigenvalue weighted by atomic mass is 16.5. The number of rotatable bonds is 2. The molecule has 0 aliphatic carbocycles. The topological polar surface area (TPSA) is 69.4 Å². The molecule has 0 aliphatic heterocycles. The van der Waals surface area contributed by atoms with Crippen LogP contribution in [-0.4, -0.2) is 32.7 Å². The predicted octanol–water partition coefficient (Wildman–Crippen LogP) is 1.89. The number of methoxy groups -OCH3 is 1. The van der Waals surface area contributed by atoms with Gasteiger partial charge in [-0.1, -0.05) is 6.07 Å². The van der Waals surface area contributed by atoms with Gasteiger partial charge in [0.2, 0.25) is 0 Å². The second-order valence-electron chi connectivity index (χ2n) is 4.33. The molecule has 3 aromatic rings. The molecule has 6 nitrogen and oxygen atoms in total. The Labute approximate surface area is 115 Å². The number of aromatic nitrogens is 4. The quantitative estimate of drug-likeness (QED) is 0.664. The summed E-state index contributed by atoms with van der Waals surface area (Å²) in [5.41, 5.74) is 2.69. The minimum atomic E-state index is -0.399. The fourth-order valence-electron chi connectivity index (χ4n) is 1.97. The van der Waals surface area contributed by atoms with E-state index in [1.54, 1.807) is 22.7 Å². The van der Waals surface area contributed by atoms with Crippen LogP contribution in [0.5, 0.6) is 0 Å². The van der Waals surface area contributed by atoms with Crippen molar-refractivity contribution in [2.45, 2.75) is 6.92 Å². The number of nitrogens with zero attached hydrogens (tertiary/aromatic N) is 4. The Kier molecular flexibility index (Phi) is 2.90. The minimum absolute atomic E-state index is 0.399. The molecule has 0 unspecified atom stereocenters. The molecule has 0 aliphatic rings. The SMILES string of the molecule is COC(=O)c1ccc2nnc(-c3cccc(C)n3)n2c1. The van der Waals surface area contributed by atoms with Crippen LogP contribution < -0.4 is 0 Å². The van der Waals surface area contributed by atoms with Gasteiger partial charge >= 0.3 is 5.97 Å². The molecule has 0 amide bonds. The van der Waals surface area contributed by atoms with Gasteiger partial charge in [-0.05, 0) is 31.2 Å². The average Bonchev–Trinajstić information content (AvgIpc) is 2.89. The number of carbonyl (C=O) groups is 1. The highest BCUT2D eigenvalue weighted by molar-refractivity contribution is 5.89. The molecule has 0 atom stereocenters. The number of ether oxygens (including phenoxy) is 1. The summed E-state index contributed by atoms with van der Waals surface area (Å²) in [6.45, 7) is 1.91. The third kappa shape index (κ3) is 2.01. The Morgan fingerprint density at radius 3 is 2.80 bits per heavy atom. The first-order valence-corrected chi connectivity index (χ1v) is 6.06. The summed E-state index contributed by atoms with van der Waals surface area (Å²) in [5.74, 6) is 0.193. The van der Waals surface area contributed by atoms with Gasteiger partial charge in [-0.2, -0.15) is 0 Å². The van der Waals surface area contributed by atoms with Crippen molar-refractivity contribution in [1.29, 1.82) is 0 Å². The molecule has 0 saturated heterocycles. The molecule has 0 aromatic carbocycles. The van der Waals surface area contributed by atoms with Gasteiger partial charge in [0, 0.05) is 11.9 Å². The van der Waals surface area contributed by atoms with E-state index in [0.717, 1.165) is 5.69 Å². The Morgan fingerprint density at radius 1 is 1.20 bits per heavy atom. The summed E-state index contributed by atoms with van der Waals surface area (Å²) >= 11 is 0. The van der Waals surface area contributed by atoms with E-state index in [1.807, 2.05) is 25.1 Å². The van der Waals surface area contributed by atoms with Crippen LogP contribution in [0.25, 0.3) is 17.2 Å². The molecule has 20 heavy (non-hydrogen) atoms. The third-order valence-electron chi connectivity index (χ3n) is 2.94. The molecule has 100 valence electrons. The van der Waals surface area contributed by atoms with Crippen LogP contribution in [-0.2, 0) is 4.74 Å². The van der Waals surface area contributed by atoms with Crippen LogP contribution in [0.4, 0.5) is 0 Å². The highest BCUT2D eigenvalue weighted by Gasteiger charge is 2.12. The van der Waals surface area contributed by atoms with E-state index >= 15 is 0 Å². The number of fused-ring (bicyclic) bond motifs is 1. The first-order chi connectivity index (χ1) is 9.69. The summed E-state index contributed by atoms with van der Waals surface area (Å²) in [6.07, 6.45) is 1.65. The lowest BCUT2D eigenvalue weighted by molar-refractivity contribution is 0.0600. The van der Waals surface area contributed by atoms with Gasteiger partial charge < -0.3 is 4.74 Å². The number of pyridine rings is 2. The van der Waals surface area contributed by atoms with E-state index in [0.29, 0.717) is 22.7 Å². The normalized spacial score (nSPS) is 10.7. The van der Waals surface area contributed by atoms with Gasteiger partial charge in [0.25, 0.3) is 0 Å². The number of hydrogen-bond acceptors (Lipinski definition) is 5. The predicted molar refractivity (Wildman–Crippen MR) is 72.3 cm³/mol. The molecular formula is C14H12N4O2. The van der Waals surface area contributed by atoms with Crippen LogP contribution in [0.1, 0.15) is 16.1 Å². The molecular weight excluding hydrogens is 256 g/mol. The molecule has 3 aromatic heterocycles. The molecule has 3 heterocycles. The summed E-state index contributed by atoms with van der Waals surface area (Å²) in [6, 6.07) is 9.05. The van der Waals surface area contributed by atoms with Gasteiger partial charge in [-0.15, -0.1) is 10.2 Å². The summed E-state index contributed by atoms with van der Waals surface area (Å²) < 4.78 is 6.45. The van der Waals surface area contributed by atoms with Gasteiger partial charge in [0.15, 0.2) is 11.5 Å². The van der Waals surface area contributed by atoms with E-state index in [2.05, 4.69) is 15.2 Å². The molecule has 3 rings (SSSR count). The zero-order valence-corrected chi connectivity index (χ0v) is 11.1. The minimum Gasteiger partial charge on any atom is -0.465 e. The van der Waals surface area contributed by atoms with Crippen LogP contribution in [0.15, 0.2) is 36.5 Å². The van der Waals surface area contributed by atoms with Gasteiger partial charge in [-0.25, -0.2) is 9.78 Å². The molecule has 0 bridgehead atoms. The van der Waals surface area contributed by atoms with Gasteiger partial charge in [0.05, 0.1) is 12.7 Å². The molecule has 0 N–H and O–H groups in total. The lowest BCUT2D eigenvalue weighted by Gasteiger charge is -2.03. The Hall–Kier alpha value is -2.76. The number of aryl methyl sites for hydroxylation is 1. The van der Waals surface area contributed by atoms with Gasteiger partial charge in [-0.3, -0.25) is 4.40 Å². The third-order valence-corrected chi connectivity index (χ3v) is 2.94. The number of hydrogen-bond donors (Lipinski definition) is 0. The first-order valence-electron chi connectivity index (χ1n) is 6.06. The van der Waals surface area contributed by atoms with Crippen molar-refractivity contribution >= 4 is 11.6 Å². The summed E-state index contributed by atoms with van der Waals surface area (Å²) in [4.78, 5) is 16.0. The fraction of sp³-hybridized carbons (Fsp3) is 0.143. The first kappa shape index (κ1) is 12.3. The van der Waals surface area contributed by atoms with Crippen molar-refractivity contribution in [2.24, 2.45) is 0 Å². The highest BCUT2D eigenvalue weighted by Crippen LogP contribution is 2.17. The lowest BCUT2D eigenvalue weighted by atomic mass is 10.2. The Morgan fingerprint density at radius 2 is 2.05 bits per heavy atom. The fourth-order valence-corrected chi connectivity index (χ4v) is 1.97. The number of carbonyl (C=O) groups excluding carboxylic acids is 1. The summed E-state index contributed by atoms with van der Waals surface area (Å²) in [5, 5.41) is 8.20. The Balaban J connectivity index is 2.19. The van der Waals surface area contributed by atoms with E-state index < -0.39 is 5.97 Å². The average molecular weight is 268 g/mol. The van der Waals surface area contributed by atoms with E-state index in [4.69, 9.17) is 4.74 Å². The van der Waals surface area contributed by atoms with Crippen LogP contribution in [0, 0.1) is 6.92 Å². The van der Waals surface area contributed by atoms with E-state index in [1.165, 1.54) is 7.11 Å². The van der Waals surface area contributed by atoms with Crippen molar-refractivity contribution < 1.29 is 9.53 Å². The molecule has 0 radical (unpaired) electrons. The standard InChI is InChI=1S/C14H12N4O2/c1-9-4-3-5-11(15-9)13-17-16-12-7-6-10(8-18(12)13)14(19)20-2/h3-8H,1-2H3. The lowest BCUT2D eigenvalue weighted by Crippen LogP contribution is -2.03. The van der Waals surface area contributed by atoms with Crippen molar-refractivity contribution in [3.63, 3.8) is 0 Å². The van der Waals surface area contributed by atoms with Crippen molar-refractivity contribution in [3.05, 3.63) is 47.8 Å². The number of esters is 1. The smallest absolute Gasteiger partial charge is 0.339 e. The van der Waals surface area contributed by atoms with Crippen molar-refractivity contribution in [2.75, 3.05) is 7.11 Å². The molecule has 0 spiro atoms. The summed E-state index contributed by atoms with van der Waals surface area (Å²) in [7, 11) is 1.35. The second kappa shape index (κ2) is 4.73. The monoisotopic (exact) mass is 268 g/mol. The Bertz CT molecular complexity index is 795. The van der Waals surface area contributed by atoms with Crippen molar-refractivity contribution in [1.82, 2.24) is 19.6 Å². The van der Waals surface area contributed by atoms with Gasteiger partial charge in [0.1, 0.15) is 5.69 Å². The van der Waals surface area contributed by atoms with E-state index in [9.17, 15) is 4.79 Å². The maximum Gasteiger partial charge on any atom is 0.339 e. The van der Waals surface area contributed by atoms with Crippen LogP contribution in [0.2, 0.25) is 0 Å².